The highest BCUT2D eigenvalue weighted by Gasteiger charge is 2.22. The van der Waals surface area contributed by atoms with E-state index < -0.39 is 26.0 Å². The van der Waals surface area contributed by atoms with E-state index in [1.807, 2.05) is 13.0 Å². The molecule has 0 saturated heterocycles. The van der Waals surface area contributed by atoms with Gasteiger partial charge in [0.25, 0.3) is 26.0 Å². The number of hydrogen-bond donors (Lipinski definition) is 3. The van der Waals surface area contributed by atoms with Crippen LogP contribution in [0.5, 0.6) is 0 Å². The first kappa shape index (κ1) is 29.7. The zero-order chi connectivity index (χ0) is 29.2. The van der Waals surface area contributed by atoms with E-state index in [9.17, 15) is 21.6 Å². The SMILES string of the molecule is Cc1ccc(C)c(NS(=O)(=O)c2cc(C(=O)Nc3ccc(S(=O)(=O)Nc4ccc(Cl)cc4Cl)cc3)ccc2Cl)c1. The lowest BCUT2D eigenvalue weighted by Gasteiger charge is -2.14. The molecule has 0 bridgehead atoms. The van der Waals surface area contributed by atoms with Gasteiger partial charge in [-0.3, -0.25) is 14.2 Å². The Kier molecular flexibility index (Phi) is 8.67. The molecule has 8 nitrogen and oxygen atoms in total. The second kappa shape index (κ2) is 11.7. The van der Waals surface area contributed by atoms with Gasteiger partial charge < -0.3 is 5.32 Å². The van der Waals surface area contributed by atoms with Crippen molar-refractivity contribution in [3.05, 3.63) is 111 Å². The number of anilines is 3. The Morgan fingerprint density at radius 1 is 0.675 bits per heavy atom. The number of benzene rings is 4. The second-order valence-electron chi connectivity index (χ2n) is 8.78. The Bertz CT molecular complexity index is 1830. The molecule has 40 heavy (non-hydrogen) atoms. The van der Waals surface area contributed by atoms with Gasteiger partial charge in [0.1, 0.15) is 4.90 Å². The largest absolute Gasteiger partial charge is 0.322 e. The lowest BCUT2D eigenvalue weighted by atomic mass is 10.1. The van der Waals surface area contributed by atoms with Gasteiger partial charge in [-0.2, -0.15) is 0 Å². The van der Waals surface area contributed by atoms with Crippen LogP contribution in [0, 0.1) is 13.8 Å². The molecule has 0 aliphatic heterocycles. The molecule has 4 aromatic carbocycles. The van der Waals surface area contributed by atoms with Gasteiger partial charge in [-0.05, 0) is 91.7 Å². The molecule has 208 valence electrons. The highest BCUT2D eigenvalue weighted by molar-refractivity contribution is 7.93. The zero-order valence-corrected chi connectivity index (χ0v) is 24.9. The number of amides is 1. The highest BCUT2D eigenvalue weighted by Crippen LogP contribution is 2.29. The van der Waals surface area contributed by atoms with Crippen molar-refractivity contribution in [3.63, 3.8) is 0 Å². The average Bonchev–Trinajstić information content (AvgIpc) is 2.88. The molecule has 4 aromatic rings. The van der Waals surface area contributed by atoms with Crippen LogP contribution < -0.4 is 14.8 Å². The molecule has 0 aromatic heterocycles. The van der Waals surface area contributed by atoms with E-state index in [2.05, 4.69) is 14.8 Å². The van der Waals surface area contributed by atoms with E-state index in [0.29, 0.717) is 10.7 Å². The maximum Gasteiger partial charge on any atom is 0.263 e. The van der Waals surface area contributed by atoms with Crippen molar-refractivity contribution in [1.82, 2.24) is 0 Å². The molecular formula is C27H22Cl3N3O5S2. The molecule has 0 unspecified atom stereocenters. The van der Waals surface area contributed by atoms with E-state index in [1.165, 1.54) is 60.7 Å². The maximum absolute atomic E-state index is 13.1. The first-order valence-corrected chi connectivity index (χ1v) is 15.6. The summed E-state index contributed by atoms with van der Waals surface area (Å²) in [4.78, 5) is 12.6. The standard InChI is InChI=1S/C27H22Cl3N3O5S2/c1-16-3-4-17(2)25(13-16)33-40(37,38)26-14-18(5-11-22(26)29)27(34)31-20-7-9-21(10-8-20)39(35,36)32-24-12-6-19(28)15-23(24)30/h3-15,32-33H,1-2H3,(H,31,34). The van der Waals surface area contributed by atoms with Crippen LogP contribution in [0.4, 0.5) is 17.1 Å². The van der Waals surface area contributed by atoms with Crippen LogP contribution in [0.3, 0.4) is 0 Å². The second-order valence-corrected chi connectivity index (χ2v) is 13.4. The summed E-state index contributed by atoms with van der Waals surface area (Å²) in [7, 11) is -8.10. The number of rotatable bonds is 8. The normalized spacial score (nSPS) is 11.6. The minimum Gasteiger partial charge on any atom is -0.322 e. The van der Waals surface area contributed by atoms with Crippen LogP contribution in [0.15, 0.2) is 88.7 Å². The highest BCUT2D eigenvalue weighted by atomic mass is 35.5. The summed E-state index contributed by atoms with van der Waals surface area (Å²) in [6.07, 6.45) is 0. The number of carbonyl (C=O) groups is 1. The Balaban J connectivity index is 1.51. The zero-order valence-electron chi connectivity index (χ0n) is 21.0. The monoisotopic (exact) mass is 637 g/mol. The van der Waals surface area contributed by atoms with Gasteiger partial charge >= 0.3 is 0 Å². The lowest BCUT2D eigenvalue weighted by Crippen LogP contribution is -2.17. The third kappa shape index (κ3) is 6.89. The molecular weight excluding hydrogens is 617 g/mol. The third-order valence-electron chi connectivity index (χ3n) is 5.72. The fourth-order valence-electron chi connectivity index (χ4n) is 3.59. The number of nitrogens with one attached hydrogen (secondary N) is 3. The average molecular weight is 639 g/mol. The number of aryl methyl sites for hydroxylation is 2. The third-order valence-corrected chi connectivity index (χ3v) is 9.49. The Morgan fingerprint density at radius 3 is 2.02 bits per heavy atom. The Morgan fingerprint density at radius 2 is 1.35 bits per heavy atom. The van der Waals surface area contributed by atoms with Gasteiger partial charge in [-0.1, -0.05) is 46.9 Å². The van der Waals surface area contributed by atoms with Crippen molar-refractivity contribution in [2.75, 3.05) is 14.8 Å². The van der Waals surface area contributed by atoms with Gasteiger partial charge in [0.15, 0.2) is 0 Å². The van der Waals surface area contributed by atoms with Crippen molar-refractivity contribution in [3.8, 4) is 0 Å². The van der Waals surface area contributed by atoms with Crippen molar-refractivity contribution < 1.29 is 21.6 Å². The van der Waals surface area contributed by atoms with E-state index in [4.69, 9.17) is 34.8 Å². The molecule has 4 rings (SSSR count). The quantitative estimate of drug-likeness (QED) is 0.190. The summed E-state index contributed by atoms with van der Waals surface area (Å²) >= 11 is 18.1. The van der Waals surface area contributed by atoms with Crippen molar-refractivity contribution in [2.24, 2.45) is 0 Å². The molecule has 13 heteroatoms. The molecule has 0 heterocycles. The smallest absolute Gasteiger partial charge is 0.263 e. The van der Waals surface area contributed by atoms with Crippen molar-refractivity contribution >= 4 is 77.8 Å². The van der Waals surface area contributed by atoms with Gasteiger partial charge in [-0.15, -0.1) is 0 Å². The first-order valence-electron chi connectivity index (χ1n) is 11.5. The van der Waals surface area contributed by atoms with E-state index >= 15 is 0 Å². The molecule has 0 radical (unpaired) electrons. The molecule has 0 spiro atoms. The van der Waals surface area contributed by atoms with Crippen molar-refractivity contribution in [2.45, 2.75) is 23.6 Å². The van der Waals surface area contributed by atoms with E-state index in [0.717, 1.165) is 11.1 Å². The van der Waals surface area contributed by atoms with Crippen LogP contribution in [-0.4, -0.2) is 22.7 Å². The molecule has 1 amide bonds. The number of sulfonamides is 2. The summed E-state index contributed by atoms with van der Waals surface area (Å²) < 4.78 is 56.7. The molecule has 0 saturated carbocycles. The number of halogens is 3. The first-order chi connectivity index (χ1) is 18.7. The van der Waals surface area contributed by atoms with Gasteiger partial charge in [-0.25, -0.2) is 16.8 Å². The molecule has 3 N–H and O–H groups in total. The minimum atomic E-state index is -4.12. The Labute approximate surface area is 247 Å². The van der Waals surface area contributed by atoms with Crippen LogP contribution in [-0.2, 0) is 20.0 Å². The topological polar surface area (TPSA) is 121 Å². The predicted octanol–water partition coefficient (Wildman–Crippen LogP) is 7.12. The summed E-state index contributed by atoms with van der Waals surface area (Å²) in [6.45, 7) is 3.60. The fourth-order valence-corrected chi connectivity index (χ4v) is 6.83. The molecule has 0 atom stereocenters. The van der Waals surface area contributed by atoms with E-state index in [-0.39, 0.29) is 36.8 Å². The molecule has 0 aliphatic rings. The van der Waals surface area contributed by atoms with Gasteiger partial charge in [0.05, 0.1) is 26.3 Å². The fraction of sp³-hybridized carbons (Fsp3) is 0.0741. The van der Waals surface area contributed by atoms with Gasteiger partial charge in [0, 0.05) is 16.3 Å². The predicted molar refractivity (Wildman–Crippen MR) is 160 cm³/mol. The van der Waals surface area contributed by atoms with E-state index in [1.54, 1.807) is 19.1 Å². The summed E-state index contributed by atoms with van der Waals surface area (Å²) in [5.41, 5.74) is 2.45. The summed E-state index contributed by atoms with van der Waals surface area (Å²) in [5.74, 6) is -0.624. The minimum absolute atomic E-state index is 0.0292. The maximum atomic E-state index is 13.1. The van der Waals surface area contributed by atoms with Crippen LogP contribution in [0.25, 0.3) is 0 Å². The lowest BCUT2D eigenvalue weighted by molar-refractivity contribution is 0.102. The Hall–Kier alpha value is -3.28. The van der Waals surface area contributed by atoms with Crippen molar-refractivity contribution in [1.29, 1.82) is 0 Å². The number of hydrogen-bond acceptors (Lipinski definition) is 5. The summed E-state index contributed by atoms with van der Waals surface area (Å²) in [6, 6.07) is 18.9. The van der Waals surface area contributed by atoms with Crippen LogP contribution in [0.2, 0.25) is 15.1 Å². The molecule has 0 aliphatic carbocycles. The number of carbonyl (C=O) groups excluding carboxylic acids is 1. The summed E-state index contributed by atoms with van der Waals surface area (Å²) in [5, 5.41) is 3.05. The molecule has 0 fully saturated rings. The van der Waals surface area contributed by atoms with Gasteiger partial charge in [0.2, 0.25) is 0 Å². The van der Waals surface area contributed by atoms with Crippen LogP contribution >= 0.6 is 34.8 Å². The van der Waals surface area contributed by atoms with Crippen LogP contribution in [0.1, 0.15) is 21.5 Å².